The fraction of sp³-hybridized carbons (Fsp3) is 0.333. The minimum atomic E-state index is -1.33. The molecule has 0 radical (unpaired) electrons. The SMILES string of the molecule is N#Cc1ncc(C(O)C(O)CS)cc1[N+](=O)[O-]. The highest BCUT2D eigenvalue weighted by Gasteiger charge is 2.22. The maximum absolute atomic E-state index is 10.7. The molecule has 0 aliphatic carbocycles. The molecule has 0 saturated carbocycles. The van der Waals surface area contributed by atoms with E-state index in [2.05, 4.69) is 17.6 Å². The van der Waals surface area contributed by atoms with Crippen LogP contribution >= 0.6 is 12.6 Å². The second kappa shape index (κ2) is 5.58. The minimum Gasteiger partial charge on any atom is -0.389 e. The van der Waals surface area contributed by atoms with Gasteiger partial charge < -0.3 is 10.2 Å². The zero-order chi connectivity index (χ0) is 13.0. The van der Waals surface area contributed by atoms with E-state index in [-0.39, 0.29) is 17.0 Å². The highest BCUT2D eigenvalue weighted by Crippen LogP contribution is 2.23. The van der Waals surface area contributed by atoms with E-state index in [4.69, 9.17) is 5.26 Å². The average molecular weight is 255 g/mol. The first kappa shape index (κ1) is 13.4. The van der Waals surface area contributed by atoms with Crippen molar-refractivity contribution in [2.75, 3.05) is 5.75 Å². The summed E-state index contributed by atoms with van der Waals surface area (Å²) in [5.74, 6) is -0.00499. The van der Waals surface area contributed by atoms with Gasteiger partial charge in [-0.1, -0.05) is 0 Å². The van der Waals surface area contributed by atoms with Gasteiger partial charge >= 0.3 is 5.69 Å². The number of aromatic nitrogens is 1. The van der Waals surface area contributed by atoms with E-state index in [0.29, 0.717) is 0 Å². The molecule has 2 unspecified atom stereocenters. The number of rotatable bonds is 4. The zero-order valence-corrected chi connectivity index (χ0v) is 9.41. The van der Waals surface area contributed by atoms with Gasteiger partial charge in [-0.05, 0) is 0 Å². The maximum Gasteiger partial charge on any atom is 0.306 e. The summed E-state index contributed by atoms with van der Waals surface area (Å²) in [6.07, 6.45) is -1.37. The van der Waals surface area contributed by atoms with Gasteiger partial charge in [0.05, 0.1) is 11.0 Å². The van der Waals surface area contributed by atoms with Crippen molar-refractivity contribution in [3.63, 3.8) is 0 Å². The molecule has 8 heteroatoms. The molecule has 0 bridgehead atoms. The van der Waals surface area contributed by atoms with Crippen molar-refractivity contribution in [1.29, 1.82) is 5.26 Å². The molecular weight excluding hydrogens is 246 g/mol. The van der Waals surface area contributed by atoms with Crippen LogP contribution in [0.25, 0.3) is 0 Å². The van der Waals surface area contributed by atoms with Crippen molar-refractivity contribution in [1.82, 2.24) is 4.98 Å². The Bertz CT molecular complexity index is 474. The van der Waals surface area contributed by atoms with Gasteiger partial charge in [0.2, 0.25) is 5.69 Å². The monoisotopic (exact) mass is 255 g/mol. The van der Waals surface area contributed by atoms with Gasteiger partial charge in [0, 0.05) is 23.6 Å². The molecule has 1 heterocycles. The normalized spacial score (nSPS) is 13.8. The Kier molecular flexibility index (Phi) is 4.39. The molecule has 0 amide bonds. The number of nitro groups is 1. The van der Waals surface area contributed by atoms with Gasteiger partial charge in [0.1, 0.15) is 12.2 Å². The standard InChI is InChI=1S/C9H9N3O4S/c10-2-6-7(12(15)16)1-5(3-11-6)9(14)8(13)4-17/h1,3,8-9,13-14,17H,4H2. The zero-order valence-electron chi connectivity index (χ0n) is 8.52. The van der Waals surface area contributed by atoms with Crippen LogP contribution in [0.2, 0.25) is 0 Å². The van der Waals surface area contributed by atoms with Crippen molar-refractivity contribution < 1.29 is 15.1 Å². The molecule has 2 N–H and O–H groups in total. The number of nitrogens with zero attached hydrogens (tertiary/aromatic N) is 3. The van der Waals surface area contributed by atoms with E-state index in [1.807, 2.05) is 0 Å². The summed E-state index contributed by atoms with van der Waals surface area (Å²) in [6, 6.07) is 2.59. The van der Waals surface area contributed by atoms with Crippen molar-refractivity contribution in [2.24, 2.45) is 0 Å². The first-order chi connectivity index (χ1) is 8.01. The average Bonchev–Trinajstić information content (AvgIpc) is 2.35. The summed E-state index contributed by atoms with van der Waals surface area (Å²) in [5, 5.41) is 38.2. The van der Waals surface area contributed by atoms with Gasteiger partial charge in [-0.25, -0.2) is 4.98 Å². The topological polar surface area (TPSA) is 120 Å². The number of thiol groups is 1. The van der Waals surface area contributed by atoms with Crippen molar-refractivity contribution in [2.45, 2.75) is 12.2 Å². The number of hydrogen-bond donors (Lipinski definition) is 3. The van der Waals surface area contributed by atoms with Crippen LogP contribution in [0.1, 0.15) is 17.4 Å². The molecule has 0 aliphatic rings. The quantitative estimate of drug-likeness (QED) is 0.401. The van der Waals surface area contributed by atoms with Gasteiger partial charge in [0.15, 0.2) is 0 Å². The number of hydrogen-bond acceptors (Lipinski definition) is 7. The third-order valence-corrected chi connectivity index (χ3v) is 2.46. The Morgan fingerprint density at radius 1 is 1.65 bits per heavy atom. The number of aliphatic hydroxyl groups is 2. The van der Waals surface area contributed by atoms with Crippen LogP contribution in [-0.2, 0) is 0 Å². The predicted molar refractivity (Wildman–Crippen MR) is 60.4 cm³/mol. The van der Waals surface area contributed by atoms with Crippen molar-refractivity contribution in [3.8, 4) is 6.07 Å². The highest BCUT2D eigenvalue weighted by atomic mass is 32.1. The lowest BCUT2D eigenvalue weighted by Gasteiger charge is -2.15. The summed E-state index contributed by atoms with van der Waals surface area (Å²) in [4.78, 5) is 13.4. The Labute approximate surface area is 102 Å². The summed E-state index contributed by atoms with van der Waals surface area (Å²) in [5.41, 5.74) is -0.779. The first-order valence-electron chi connectivity index (χ1n) is 4.52. The molecule has 0 fully saturated rings. The van der Waals surface area contributed by atoms with Crippen LogP contribution in [0.4, 0.5) is 5.69 Å². The van der Waals surface area contributed by atoms with E-state index in [9.17, 15) is 20.3 Å². The Hall–Kier alpha value is -1.69. The largest absolute Gasteiger partial charge is 0.389 e. The predicted octanol–water partition coefficient (Wildman–Crippen LogP) is 0.186. The van der Waals surface area contributed by atoms with Crippen LogP contribution in [0, 0.1) is 21.4 Å². The molecule has 0 saturated heterocycles. The van der Waals surface area contributed by atoms with E-state index >= 15 is 0 Å². The van der Waals surface area contributed by atoms with E-state index in [0.717, 1.165) is 12.3 Å². The van der Waals surface area contributed by atoms with Crippen LogP contribution in [0.15, 0.2) is 12.3 Å². The number of nitriles is 1. The fourth-order valence-electron chi connectivity index (χ4n) is 1.18. The molecular formula is C9H9N3O4S. The van der Waals surface area contributed by atoms with Crippen LogP contribution < -0.4 is 0 Å². The Morgan fingerprint density at radius 2 is 2.29 bits per heavy atom. The number of pyridine rings is 1. The molecule has 0 spiro atoms. The van der Waals surface area contributed by atoms with E-state index in [1.165, 1.54) is 0 Å². The van der Waals surface area contributed by atoms with Gasteiger partial charge in [0.25, 0.3) is 0 Å². The molecule has 7 nitrogen and oxygen atoms in total. The molecule has 0 aliphatic heterocycles. The summed E-state index contributed by atoms with van der Waals surface area (Å²) in [7, 11) is 0. The molecule has 1 rings (SSSR count). The molecule has 17 heavy (non-hydrogen) atoms. The van der Waals surface area contributed by atoms with Crippen molar-refractivity contribution in [3.05, 3.63) is 33.6 Å². The Morgan fingerprint density at radius 3 is 2.76 bits per heavy atom. The minimum absolute atomic E-state index is 0.00499. The smallest absolute Gasteiger partial charge is 0.306 e. The highest BCUT2D eigenvalue weighted by molar-refractivity contribution is 7.80. The summed E-state index contributed by atoms with van der Waals surface area (Å²) >= 11 is 3.79. The second-order valence-corrected chi connectivity index (χ2v) is 3.57. The second-order valence-electron chi connectivity index (χ2n) is 3.20. The lowest BCUT2D eigenvalue weighted by molar-refractivity contribution is -0.385. The van der Waals surface area contributed by atoms with Gasteiger partial charge in [-0.15, -0.1) is 0 Å². The van der Waals surface area contributed by atoms with E-state index < -0.39 is 22.8 Å². The third kappa shape index (κ3) is 2.91. The first-order valence-corrected chi connectivity index (χ1v) is 5.16. The third-order valence-electron chi connectivity index (χ3n) is 2.08. The van der Waals surface area contributed by atoms with Gasteiger partial charge in [-0.3, -0.25) is 10.1 Å². The summed E-state index contributed by atoms with van der Waals surface area (Å²) in [6.45, 7) is 0. The van der Waals surface area contributed by atoms with E-state index in [1.54, 1.807) is 6.07 Å². The van der Waals surface area contributed by atoms with Crippen LogP contribution in [-0.4, -0.2) is 32.0 Å². The van der Waals surface area contributed by atoms with Gasteiger partial charge in [-0.2, -0.15) is 17.9 Å². The maximum atomic E-state index is 10.7. The Balaban J connectivity index is 3.17. The molecule has 0 aromatic carbocycles. The molecule has 1 aromatic heterocycles. The lowest BCUT2D eigenvalue weighted by atomic mass is 10.1. The molecule has 1 aromatic rings. The summed E-state index contributed by atoms with van der Waals surface area (Å²) < 4.78 is 0. The lowest BCUT2D eigenvalue weighted by Crippen LogP contribution is -2.20. The van der Waals surface area contributed by atoms with Crippen LogP contribution in [0.5, 0.6) is 0 Å². The van der Waals surface area contributed by atoms with Crippen LogP contribution in [0.3, 0.4) is 0 Å². The fourth-order valence-corrected chi connectivity index (χ4v) is 1.38. The molecule has 2 atom stereocenters. The molecule has 90 valence electrons. The number of aliphatic hydroxyl groups excluding tert-OH is 2. The van der Waals surface area contributed by atoms with Crippen molar-refractivity contribution >= 4 is 18.3 Å².